The van der Waals surface area contributed by atoms with E-state index in [1.54, 1.807) is 13.0 Å². The summed E-state index contributed by atoms with van der Waals surface area (Å²) in [5.74, 6) is -6.66. The van der Waals surface area contributed by atoms with Crippen LogP contribution in [-0.4, -0.2) is 29.1 Å². The third-order valence-corrected chi connectivity index (χ3v) is 5.27. The summed E-state index contributed by atoms with van der Waals surface area (Å²) in [6.07, 6.45) is -1.35. The number of esters is 1. The van der Waals surface area contributed by atoms with Crippen molar-refractivity contribution in [2.75, 3.05) is 10.6 Å². The number of carbonyl (C=O) groups is 3. The Bertz CT molecular complexity index is 1020. The lowest BCUT2D eigenvalue weighted by molar-refractivity contribution is -0.123. The Morgan fingerprint density at radius 3 is 2.62 bits per heavy atom. The lowest BCUT2D eigenvalue weighted by Gasteiger charge is -2.22. The molecule has 2 atom stereocenters. The van der Waals surface area contributed by atoms with Gasteiger partial charge < -0.3 is 15.4 Å². The molecule has 0 saturated carbocycles. The highest BCUT2D eigenvalue weighted by Crippen LogP contribution is 2.36. The number of halogens is 3. The molecule has 2 amide bonds. The summed E-state index contributed by atoms with van der Waals surface area (Å²) >= 11 is 1.34. The number of nitrogens with one attached hydrogen (secondary N) is 2. The fraction of sp³-hybridized carbons (Fsp3) is 0.211. The third-order valence-electron chi connectivity index (χ3n) is 4.09. The fourth-order valence-electron chi connectivity index (χ4n) is 2.47. The molecule has 1 aliphatic rings. The third kappa shape index (κ3) is 4.37. The summed E-state index contributed by atoms with van der Waals surface area (Å²) in [5.41, 5.74) is -0.0363. The number of hydrogen-bond donors (Lipinski definition) is 2. The number of benzene rings is 2. The maximum absolute atomic E-state index is 13.7. The molecule has 3 rings (SSSR count). The molecule has 0 aromatic heterocycles. The Balaban J connectivity index is 1.68. The average molecular weight is 424 g/mol. The van der Waals surface area contributed by atoms with E-state index in [4.69, 9.17) is 4.74 Å². The molecular weight excluding hydrogens is 409 g/mol. The predicted molar refractivity (Wildman–Crippen MR) is 100 cm³/mol. The van der Waals surface area contributed by atoms with Crippen molar-refractivity contribution >= 4 is 40.9 Å². The van der Waals surface area contributed by atoms with E-state index in [1.807, 2.05) is 5.32 Å². The summed E-state index contributed by atoms with van der Waals surface area (Å²) in [5, 5.41) is 4.45. The number of carbonyl (C=O) groups excluding carboxylic acids is 3. The maximum atomic E-state index is 13.7. The summed E-state index contributed by atoms with van der Waals surface area (Å²) in [7, 11) is 0. The van der Waals surface area contributed by atoms with E-state index in [9.17, 15) is 27.6 Å². The molecule has 2 aromatic carbocycles. The summed E-state index contributed by atoms with van der Waals surface area (Å²) in [6.45, 7) is 2.99. The van der Waals surface area contributed by atoms with Crippen molar-refractivity contribution in [3.8, 4) is 0 Å². The number of amides is 2. The normalized spacial score (nSPS) is 16.4. The highest BCUT2D eigenvalue weighted by molar-refractivity contribution is 8.00. The molecule has 6 nitrogen and oxygen atoms in total. The lowest BCUT2D eigenvalue weighted by Crippen LogP contribution is -2.30. The molecule has 0 radical (unpaired) electrons. The molecule has 0 bridgehead atoms. The van der Waals surface area contributed by atoms with Crippen LogP contribution in [0.25, 0.3) is 0 Å². The molecule has 0 unspecified atom stereocenters. The zero-order valence-corrected chi connectivity index (χ0v) is 16.0. The van der Waals surface area contributed by atoms with Crippen molar-refractivity contribution in [2.24, 2.45) is 0 Å². The standard InChI is InChI=1S/C19H15F3N2O4S/c1-8(17(25)23-12-5-4-11(20)15(21)16(12)22)28-19(27)10-3-6-14-13(7-10)24-18(26)9(2)29-14/h3-9H,1-2H3,(H,23,25)(H,24,26)/t8-,9-/m0/s1. The van der Waals surface area contributed by atoms with Gasteiger partial charge in [-0.05, 0) is 44.2 Å². The van der Waals surface area contributed by atoms with Gasteiger partial charge in [-0.15, -0.1) is 11.8 Å². The SMILES string of the molecule is C[C@H](OC(=O)c1ccc2c(c1)NC(=O)[C@H](C)S2)C(=O)Nc1ccc(F)c(F)c1F. The fourth-order valence-corrected chi connectivity index (χ4v) is 3.41. The number of rotatable bonds is 4. The van der Waals surface area contributed by atoms with Crippen LogP contribution in [-0.2, 0) is 14.3 Å². The minimum absolute atomic E-state index is 0.0952. The van der Waals surface area contributed by atoms with Crippen molar-refractivity contribution in [3.63, 3.8) is 0 Å². The first kappa shape index (κ1) is 20.7. The number of ether oxygens (including phenoxy) is 1. The summed E-state index contributed by atoms with van der Waals surface area (Å²) in [4.78, 5) is 37.0. The van der Waals surface area contributed by atoms with Crippen molar-refractivity contribution in [3.05, 3.63) is 53.3 Å². The van der Waals surface area contributed by atoms with Crippen LogP contribution in [0.15, 0.2) is 35.2 Å². The van der Waals surface area contributed by atoms with Crippen molar-refractivity contribution in [2.45, 2.75) is 30.1 Å². The van der Waals surface area contributed by atoms with Crippen LogP contribution in [0.5, 0.6) is 0 Å². The summed E-state index contributed by atoms with van der Waals surface area (Å²) < 4.78 is 44.9. The second-order valence-electron chi connectivity index (χ2n) is 6.22. The number of fused-ring (bicyclic) bond motifs is 1. The number of hydrogen-bond acceptors (Lipinski definition) is 5. The van der Waals surface area contributed by atoms with Crippen LogP contribution >= 0.6 is 11.8 Å². The topological polar surface area (TPSA) is 84.5 Å². The van der Waals surface area contributed by atoms with Crippen molar-refractivity contribution in [1.82, 2.24) is 0 Å². The molecule has 2 N–H and O–H groups in total. The van der Waals surface area contributed by atoms with Gasteiger partial charge >= 0.3 is 5.97 Å². The Labute approximate surface area is 167 Å². The van der Waals surface area contributed by atoms with E-state index in [0.717, 1.165) is 11.0 Å². The van der Waals surface area contributed by atoms with Crippen LogP contribution < -0.4 is 10.6 Å². The molecule has 2 aromatic rings. The van der Waals surface area contributed by atoms with Crippen LogP contribution in [0.2, 0.25) is 0 Å². The molecule has 152 valence electrons. The van der Waals surface area contributed by atoms with Gasteiger partial charge in [0.25, 0.3) is 5.91 Å². The summed E-state index contributed by atoms with van der Waals surface area (Å²) in [6, 6.07) is 6.07. The van der Waals surface area contributed by atoms with Gasteiger partial charge in [-0.1, -0.05) is 0 Å². The van der Waals surface area contributed by atoms with Gasteiger partial charge in [0.1, 0.15) is 0 Å². The zero-order chi connectivity index (χ0) is 21.3. The number of anilines is 2. The van der Waals surface area contributed by atoms with Gasteiger partial charge in [0, 0.05) is 4.90 Å². The maximum Gasteiger partial charge on any atom is 0.338 e. The predicted octanol–water partition coefficient (Wildman–Crippen LogP) is 3.72. The smallest absolute Gasteiger partial charge is 0.338 e. The van der Waals surface area contributed by atoms with E-state index in [1.165, 1.54) is 30.8 Å². The van der Waals surface area contributed by atoms with Gasteiger partial charge in [-0.25, -0.2) is 18.0 Å². The van der Waals surface area contributed by atoms with Crippen LogP contribution in [0.3, 0.4) is 0 Å². The monoisotopic (exact) mass is 424 g/mol. The van der Waals surface area contributed by atoms with Crippen LogP contribution in [0.4, 0.5) is 24.5 Å². The minimum Gasteiger partial charge on any atom is -0.449 e. The lowest BCUT2D eigenvalue weighted by atomic mass is 10.2. The molecule has 10 heteroatoms. The molecule has 0 fully saturated rings. The molecule has 0 saturated heterocycles. The molecule has 0 spiro atoms. The van der Waals surface area contributed by atoms with Gasteiger partial charge in [0.15, 0.2) is 23.6 Å². The van der Waals surface area contributed by atoms with E-state index >= 15 is 0 Å². The largest absolute Gasteiger partial charge is 0.449 e. The molecule has 0 aliphatic carbocycles. The molecule has 1 aliphatic heterocycles. The van der Waals surface area contributed by atoms with E-state index < -0.39 is 41.1 Å². The minimum atomic E-state index is -1.73. The Hall–Kier alpha value is -3.01. The average Bonchev–Trinajstić information content (AvgIpc) is 2.68. The first-order chi connectivity index (χ1) is 13.7. The van der Waals surface area contributed by atoms with Crippen molar-refractivity contribution in [1.29, 1.82) is 0 Å². The Morgan fingerprint density at radius 1 is 1.17 bits per heavy atom. The number of thioether (sulfide) groups is 1. The molecule has 1 heterocycles. The van der Waals surface area contributed by atoms with Gasteiger partial charge in [-0.2, -0.15) is 0 Å². The second kappa shape index (κ2) is 8.16. The molecular formula is C19H15F3N2O4S. The quantitative estimate of drug-likeness (QED) is 0.577. The first-order valence-electron chi connectivity index (χ1n) is 8.44. The second-order valence-corrected chi connectivity index (χ2v) is 7.60. The van der Waals surface area contributed by atoms with E-state index in [0.29, 0.717) is 11.8 Å². The van der Waals surface area contributed by atoms with Gasteiger partial charge in [0.2, 0.25) is 5.91 Å². The Morgan fingerprint density at radius 2 is 1.90 bits per heavy atom. The van der Waals surface area contributed by atoms with Crippen LogP contribution in [0, 0.1) is 17.5 Å². The van der Waals surface area contributed by atoms with E-state index in [-0.39, 0.29) is 16.7 Å². The zero-order valence-electron chi connectivity index (χ0n) is 15.2. The highest BCUT2D eigenvalue weighted by Gasteiger charge is 2.26. The van der Waals surface area contributed by atoms with Crippen molar-refractivity contribution < 1.29 is 32.3 Å². The highest BCUT2D eigenvalue weighted by atomic mass is 32.2. The first-order valence-corrected chi connectivity index (χ1v) is 9.32. The molecule has 29 heavy (non-hydrogen) atoms. The van der Waals surface area contributed by atoms with Gasteiger partial charge in [0.05, 0.1) is 22.2 Å². The van der Waals surface area contributed by atoms with Crippen LogP contribution in [0.1, 0.15) is 24.2 Å². The van der Waals surface area contributed by atoms with E-state index in [2.05, 4.69) is 5.32 Å². The Kier molecular flexibility index (Phi) is 5.83. The van der Waals surface area contributed by atoms with Gasteiger partial charge in [-0.3, -0.25) is 9.59 Å².